The Morgan fingerprint density at radius 1 is 0.714 bits per heavy atom. The molecule has 0 spiro atoms. The monoisotopic (exact) mass is 474 g/mol. The minimum Gasteiger partial charge on any atom is -0.299 e. The van der Waals surface area contributed by atoms with E-state index in [1.54, 1.807) is 20.0 Å². The lowest BCUT2D eigenvalue weighted by molar-refractivity contribution is -0.117. The Labute approximate surface area is 203 Å². The quantitative estimate of drug-likeness (QED) is 0.578. The standard InChI is InChI=1S/C26H30N6O3/c1-12-13(2)15(4)19(10-20-16(5)27-29-24(20)33)18(14(12)3)8-9-23-22(26(35)32(7)31-23)11-21-17(6)28-30-25(21)34/h10-11,31H,8-9H2,1-7H3,(H,29,33)(H,30,34)/b20-10+,21-11-. The predicted octanol–water partition coefficient (Wildman–Crippen LogP) is 2.51. The molecule has 0 saturated carbocycles. The van der Waals surface area contributed by atoms with E-state index >= 15 is 0 Å². The summed E-state index contributed by atoms with van der Waals surface area (Å²) >= 11 is 0. The number of hydrazone groups is 2. The van der Waals surface area contributed by atoms with E-state index in [9.17, 15) is 14.4 Å². The van der Waals surface area contributed by atoms with Crippen LogP contribution in [0.1, 0.15) is 58.5 Å². The Bertz CT molecular complexity index is 1460. The zero-order chi connectivity index (χ0) is 25.6. The summed E-state index contributed by atoms with van der Waals surface area (Å²) in [5.41, 5.74) is 14.9. The zero-order valence-corrected chi connectivity index (χ0v) is 21.1. The van der Waals surface area contributed by atoms with Crippen molar-refractivity contribution in [3.63, 3.8) is 0 Å². The number of carbonyl (C=O) groups is 2. The molecule has 0 fully saturated rings. The highest BCUT2D eigenvalue weighted by Gasteiger charge is 2.23. The Hall–Kier alpha value is -4.01. The normalized spacial score (nSPS) is 17.8. The van der Waals surface area contributed by atoms with Crippen molar-refractivity contribution in [3.05, 3.63) is 66.1 Å². The van der Waals surface area contributed by atoms with Gasteiger partial charge in [-0.15, -0.1) is 0 Å². The maximum Gasteiger partial charge on any atom is 0.273 e. The molecule has 2 aliphatic rings. The van der Waals surface area contributed by atoms with E-state index < -0.39 is 0 Å². The number of rotatable bonds is 5. The van der Waals surface area contributed by atoms with Crippen LogP contribution in [-0.2, 0) is 29.5 Å². The highest BCUT2D eigenvalue weighted by Crippen LogP contribution is 2.30. The number of benzene rings is 1. The minimum atomic E-state index is -0.321. The third kappa shape index (κ3) is 4.18. The number of aryl methyl sites for hydroxylation is 2. The molecule has 0 bridgehead atoms. The smallest absolute Gasteiger partial charge is 0.273 e. The van der Waals surface area contributed by atoms with Gasteiger partial charge in [-0.3, -0.25) is 24.2 Å². The van der Waals surface area contributed by atoms with Crippen molar-refractivity contribution in [1.29, 1.82) is 0 Å². The first kappa shape index (κ1) is 24.1. The highest BCUT2D eigenvalue weighted by molar-refractivity contribution is 6.27. The van der Waals surface area contributed by atoms with Gasteiger partial charge in [0.05, 0.1) is 28.1 Å². The fourth-order valence-corrected chi connectivity index (χ4v) is 4.62. The van der Waals surface area contributed by atoms with Crippen LogP contribution in [0.3, 0.4) is 0 Å². The van der Waals surface area contributed by atoms with Gasteiger partial charge in [-0.25, -0.2) is 10.9 Å². The number of H-pyrrole nitrogens is 1. The van der Waals surface area contributed by atoms with Gasteiger partial charge in [-0.1, -0.05) is 0 Å². The maximum absolute atomic E-state index is 12.8. The Morgan fingerprint density at radius 3 is 1.74 bits per heavy atom. The predicted molar refractivity (Wildman–Crippen MR) is 137 cm³/mol. The van der Waals surface area contributed by atoms with Crippen molar-refractivity contribution < 1.29 is 9.59 Å². The highest BCUT2D eigenvalue weighted by atomic mass is 16.2. The van der Waals surface area contributed by atoms with Crippen LogP contribution in [0.25, 0.3) is 12.2 Å². The molecule has 3 heterocycles. The molecule has 2 amide bonds. The molecule has 182 valence electrons. The molecular weight excluding hydrogens is 444 g/mol. The number of nitrogens with one attached hydrogen (secondary N) is 3. The molecule has 9 nitrogen and oxygen atoms in total. The number of amides is 2. The van der Waals surface area contributed by atoms with Crippen molar-refractivity contribution in [1.82, 2.24) is 20.6 Å². The number of hydrogen-bond acceptors (Lipinski definition) is 5. The lowest BCUT2D eigenvalue weighted by atomic mass is 9.85. The number of carbonyl (C=O) groups excluding carboxylic acids is 2. The minimum absolute atomic E-state index is 0.204. The molecule has 1 aromatic carbocycles. The van der Waals surface area contributed by atoms with Crippen LogP contribution in [0.4, 0.5) is 0 Å². The van der Waals surface area contributed by atoms with Gasteiger partial charge in [0.15, 0.2) is 0 Å². The van der Waals surface area contributed by atoms with E-state index in [4.69, 9.17) is 0 Å². The summed E-state index contributed by atoms with van der Waals surface area (Å²) in [6, 6.07) is 0. The van der Waals surface area contributed by atoms with Gasteiger partial charge in [0.2, 0.25) is 0 Å². The van der Waals surface area contributed by atoms with Crippen molar-refractivity contribution in [2.75, 3.05) is 0 Å². The van der Waals surface area contributed by atoms with Gasteiger partial charge in [-0.05, 0) is 99.9 Å². The van der Waals surface area contributed by atoms with Crippen LogP contribution < -0.4 is 16.4 Å². The van der Waals surface area contributed by atoms with Crippen molar-refractivity contribution in [2.24, 2.45) is 17.3 Å². The van der Waals surface area contributed by atoms with E-state index in [2.05, 4.69) is 53.8 Å². The molecule has 35 heavy (non-hydrogen) atoms. The first-order chi connectivity index (χ1) is 16.5. The third-order valence-electron chi connectivity index (χ3n) is 7.15. The van der Waals surface area contributed by atoms with Crippen LogP contribution in [0.15, 0.2) is 26.1 Å². The molecular formula is C26H30N6O3. The van der Waals surface area contributed by atoms with Crippen LogP contribution in [0.5, 0.6) is 0 Å². The second-order valence-electron chi connectivity index (χ2n) is 9.15. The largest absolute Gasteiger partial charge is 0.299 e. The van der Waals surface area contributed by atoms with Crippen molar-refractivity contribution >= 4 is 35.4 Å². The summed E-state index contributed by atoms with van der Waals surface area (Å²) in [5, 5.41) is 11.1. The van der Waals surface area contributed by atoms with Gasteiger partial charge in [-0.2, -0.15) is 10.2 Å². The van der Waals surface area contributed by atoms with E-state index in [1.807, 2.05) is 13.0 Å². The maximum atomic E-state index is 12.8. The molecule has 0 aliphatic carbocycles. The first-order valence-corrected chi connectivity index (χ1v) is 11.5. The van der Waals surface area contributed by atoms with Crippen LogP contribution >= 0.6 is 0 Å². The van der Waals surface area contributed by atoms with E-state index in [1.165, 1.54) is 15.8 Å². The Kier molecular flexibility index (Phi) is 6.19. The molecule has 0 saturated heterocycles. The summed E-state index contributed by atoms with van der Waals surface area (Å²) in [7, 11) is 1.66. The zero-order valence-electron chi connectivity index (χ0n) is 21.1. The van der Waals surface area contributed by atoms with Gasteiger partial charge >= 0.3 is 0 Å². The second kappa shape index (κ2) is 8.98. The molecule has 0 radical (unpaired) electrons. The lowest BCUT2D eigenvalue weighted by Gasteiger charge is -2.19. The number of hydrogen-bond donors (Lipinski definition) is 3. The number of aromatic nitrogens is 2. The summed E-state index contributed by atoms with van der Waals surface area (Å²) in [5.74, 6) is -0.532. The molecule has 2 aliphatic heterocycles. The number of nitrogens with zero attached hydrogens (tertiary/aromatic N) is 3. The lowest BCUT2D eigenvalue weighted by Crippen LogP contribution is -2.16. The van der Waals surface area contributed by atoms with E-state index in [0.717, 1.165) is 27.9 Å². The fraction of sp³-hybridized carbons (Fsp3) is 0.346. The van der Waals surface area contributed by atoms with Gasteiger partial charge in [0.1, 0.15) is 0 Å². The number of aromatic amines is 1. The van der Waals surface area contributed by atoms with Crippen molar-refractivity contribution in [2.45, 2.75) is 54.4 Å². The van der Waals surface area contributed by atoms with E-state index in [-0.39, 0.29) is 17.4 Å². The summed E-state index contributed by atoms with van der Waals surface area (Å²) in [6.45, 7) is 11.9. The molecule has 9 heteroatoms. The fourth-order valence-electron chi connectivity index (χ4n) is 4.62. The SMILES string of the molecule is CC1=NNC(=O)/C1=C\c1c(CCc2c(C)c(C)c(C)c(C)c2/C=C2/C(=O)NN=C2C)[nH]n(C)c1=O. The average molecular weight is 475 g/mol. The van der Waals surface area contributed by atoms with Gasteiger partial charge in [0, 0.05) is 12.7 Å². The molecule has 0 unspecified atom stereocenters. The molecule has 1 aromatic heterocycles. The Balaban J connectivity index is 1.78. The third-order valence-corrected chi connectivity index (χ3v) is 7.15. The Morgan fingerprint density at radius 2 is 1.23 bits per heavy atom. The molecule has 2 aromatic rings. The van der Waals surface area contributed by atoms with Crippen molar-refractivity contribution in [3.8, 4) is 0 Å². The summed E-state index contributed by atoms with van der Waals surface area (Å²) in [6.07, 6.45) is 4.72. The first-order valence-electron chi connectivity index (χ1n) is 11.5. The van der Waals surface area contributed by atoms with Crippen LogP contribution in [0.2, 0.25) is 0 Å². The second-order valence-corrected chi connectivity index (χ2v) is 9.15. The average Bonchev–Trinajstić information content (AvgIpc) is 3.41. The van der Waals surface area contributed by atoms with E-state index in [0.29, 0.717) is 41.0 Å². The topological polar surface area (TPSA) is 121 Å². The van der Waals surface area contributed by atoms with Crippen LogP contribution in [-0.4, -0.2) is 33.0 Å². The van der Waals surface area contributed by atoms with Gasteiger partial charge < -0.3 is 0 Å². The van der Waals surface area contributed by atoms with Crippen LogP contribution in [0, 0.1) is 27.7 Å². The molecule has 4 rings (SSSR count). The summed E-state index contributed by atoms with van der Waals surface area (Å²) < 4.78 is 1.42. The molecule has 3 N–H and O–H groups in total. The summed E-state index contributed by atoms with van der Waals surface area (Å²) in [4.78, 5) is 37.3. The molecule has 0 atom stereocenters. The van der Waals surface area contributed by atoms with Gasteiger partial charge in [0.25, 0.3) is 17.4 Å².